The van der Waals surface area contributed by atoms with E-state index < -0.39 is 11.1 Å². The van der Waals surface area contributed by atoms with Crippen LogP contribution in [0.25, 0.3) is 0 Å². The van der Waals surface area contributed by atoms with Crippen LogP contribution in [0.1, 0.15) is 10.4 Å². The van der Waals surface area contributed by atoms with Crippen LogP contribution in [0, 0.1) is 0 Å². The minimum Gasteiger partial charge on any atom is -0.490 e. The summed E-state index contributed by atoms with van der Waals surface area (Å²) in [5.74, 6) is -0.125. The zero-order valence-electron chi connectivity index (χ0n) is 8.03. The lowest BCUT2D eigenvalue weighted by Gasteiger charge is -2.09. The second kappa shape index (κ2) is 4.52. The Hall–Kier alpha value is -0.920. The molecule has 0 bridgehead atoms. The molecule has 86 valence electrons. The van der Waals surface area contributed by atoms with Gasteiger partial charge < -0.3 is 14.6 Å². The molecule has 1 aromatic carbocycles. The number of ether oxygens (including phenoxy) is 1. The first-order valence-corrected chi connectivity index (χ1v) is 6.35. The zero-order chi connectivity index (χ0) is 11.7. The molecule has 16 heavy (non-hydrogen) atoms. The van der Waals surface area contributed by atoms with E-state index in [1.807, 2.05) is 0 Å². The Morgan fingerprint density at radius 2 is 2.25 bits per heavy atom. The number of hydrogen-bond acceptors (Lipinski definition) is 3. The number of halogens is 1. The molecule has 1 aliphatic heterocycles. The fourth-order valence-electron chi connectivity index (χ4n) is 1.43. The summed E-state index contributed by atoms with van der Waals surface area (Å²) in [5, 5.41) is 2.63. The van der Waals surface area contributed by atoms with Crippen molar-refractivity contribution < 1.29 is 18.3 Å². The van der Waals surface area contributed by atoms with E-state index in [4.69, 9.17) is 9.29 Å². The number of fused-ring (bicyclic) bond motifs is 1. The molecule has 1 aliphatic rings. The van der Waals surface area contributed by atoms with Crippen molar-refractivity contribution in [2.75, 3.05) is 13.2 Å². The Morgan fingerprint density at radius 1 is 1.50 bits per heavy atom. The third-order valence-corrected chi connectivity index (χ3v) is 3.22. The van der Waals surface area contributed by atoms with Crippen LogP contribution in [0.15, 0.2) is 21.5 Å². The highest BCUT2D eigenvalue weighted by Crippen LogP contribution is 2.31. The van der Waals surface area contributed by atoms with Gasteiger partial charge in [0.05, 0.1) is 12.1 Å². The van der Waals surface area contributed by atoms with Crippen LogP contribution in [0.2, 0.25) is 0 Å². The molecular formula is C9H8BrNO4S. The molecule has 0 radical (unpaired) electrons. The third kappa shape index (κ3) is 2.11. The van der Waals surface area contributed by atoms with Gasteiger partial charge in [-0.15, -0.1) is 0 Å². The molecule has 0 fully saturated rings. The predicted octanol–water partition coefficient (Wildman–Crippen LogP) is 1.15. The van der Waals surface area contributed by atoms with Crippen LogP contribution in [0.5, 0.6) is 5.75 Å². The molecule has 0 saturated carbocycles. The fourth-order valence-corrected chi connectivity index (χ4v) is 2.59. The van der Waals surface area contributed by atoms with E-state index in [2.05, 4.69) is 21.2 Å². The minimum absolute atomic E-state index is 0.0985. The number of carbonyl (C=O) groups is 1. The van der Waals surface area contributed by atoms with E-state index >= 15 is 0 Å². The number of hydrogen-bond donors (Lipinski definition) is 2. The van der Waals surface area contributed by atoms with Crippen molar-refractivity contribution in [2.45, 2.75) is 4.90 Å². The quantitative estimate of drug-likeness (QED) is 0.763. The van der Waals surface area contributed by atoms with Crippen LogP contribution in [0.4, 0.5) is 0 Å². The molecule has 2 rings (SSSR count). The van der Waals surface area contributed by atoms with Crippen LogP contribution >= 0.6 is 15.9 Å². The number of nitrogens with one attached hydrogen (secondary N) is 1. The SMILES string of the molecule is O=C1NCCOc2c1cc(Br)cc2S(=O)O. The smallest absolute Gasteiger partial charge is 0.255 e. The summed E-state index contributed by atoms with van der Waals surface area (Å²) in [6.45, 7) is 0.660. The van der Waals surface area contributed by atoms with Crippen molar-refractivity contribution in [3.05, 3.63) is 22.2 Å². The van der Waals surface area contributed by atoms with Crippen LogP contribution in [0.3, 0.4) is 0 Å². The first kappa shape index (κ1) is 11.6. The molecule has 1 amide bonds. The highest BCUT2D eigenvalue weighted by Gasteiger charge is 2.22. The molecule has 0 saturated heterocycles. The van der Waals surface area contributed by atoms with Gasteiger partial charge in [-0.3, -0.25) is 4.79 Å². The van der Waals surface area contributed by atoms with Gasteiger partial charge in [-0.05, 0) is 12.1 Å². The maximum absolute atomic E-state index is 11.6. The first-order valence-electron chi connectivity index (χ1n) is 4.45. The Kier molecular flexibility index (Phi) is 3.27. The molecule has 0 aromatic heterocycles. The lowest BCUT2D eigenvalue weighted by molar-refractivity contribution is 0.0957. The van der Waals surface area contributed by atoms with Gasteiger partial charge in [0.2, 0.25) is 0 Å². The normalized spacial score (nSPS) is 16.8. The van der Waals surface area contributed by atoms with E-state index in [0.29, 0.717) is 11.0 Å². The molecule has 0 aliphatic carbocycles. The summed E-state index contributed by atoms with van der Waals surface area (Å²) in [7, 11) is 0. The molecule has 2 N–H and O–H groups in total. The predicted molar refractivity (Wildman–Crippen MR) is 61.0 cm³/mol. The number of carbonyl (C=O) groups excluding carboxylic acids is 1. The summed E-state index contributed by atoms with van der Waals surface area (Å²) in [6, 6.07) is 3.03. The van der Waals surface area contributed by atoms with Crippen molar-refractivity contribution in [2.24, 2.45) is 0 Å². The Balaban J connectivity index is 2.65. The van der Waals surface area contributed by atoms with Gasteiger partial charge in [0, 0.05) is 4.47 Å². The van der Waals surface area contributed by atoms with E-state index in [1.165, 1.54) is 6.07 Å². The first-order chi connectivity index (χ1) is 7.59. The molecule has 1 atom stereocenters. The second-order valence-corrected chi connectivity index (χ2v) is 4.99. The van der Waals surface area contributed by atoms with Crippen molar-refractivity contribution in [3.8, 4) is 5.75 Å². The molecular weight excluding hydrogens is 298 g/mol. The fraction of sp³-hybridized carbons (Fsp3) is 0.222. The van der Waals surface area contributed by atoms with E-state index in [1.54, 1.807) is 6.07 Å². The summed E-state index contributed by atoms with van der Waals surface area (Å²) in [4.78, 5) is 11.7. The summed E-state index contributed by atoms with van der Waals surface area (Å²) in [5.41, 5.74) is 0.268. The third-order valence-electron chi connectivity index (χ3n) is 2.09. The maximum atomic E-state index is 11.6. The number of rotatable bonds is 1. The van der Waals surface area contributed by atoms with Crippen molar-refractivity contribution in [3.63, 3.8) is 0 Å². The number of amides is 1. The Morgan fingerprint density at radius 3 is 2.94 bits per heavy atom. The standard InChI is InChI=1S/C9H8BrNO4S/c10-5-3-6-8(7(4-5)16(13)14)15-2-1-11-9(6)12/h3-4H,1-2H2,(H,11,12)(H,13,14). The second-order valence-electron chi connectivity index (χ2n) is 3.13. The molecule has 7 heteroatoms. The van der Waals surface area contributed by atoms with E-state index in [9.17, 15) is 9.00 Å². The van der Waals surface area contributed by atoms with Gasteiger partial charge in [-0.2, -0.15) is 0 Å². The maximum Gasteiger partial charge on any atom is 0.255 e. The van der Waals surface area contributed by atoms with Gasteiger partial charge in [-0.1, -0.05) is 15.9 Å². The highest BCUT2D eigenvalue weighted by molar-refractivity contribution is 9.10. The van der Waals surface area contributed by atoms with Crippen LogP contribution in [-0.2, 0) is 11.1 Å². The highest BCUT2D eigenvalue weighted by atomic mass is 79.9. The largest absolute Gasteiger partial charge is 0.490 e. The Labute approximate surface area is 103 Å². The summed E-state index contributed by atoms with van der Waals surface area (Å²) >= 11 is 0.995. The average molecular weight is 306 g/mol. The summed E-state index contributed by atoms with van der Waals surface area (Å²) < 4.78 is 26.1. The molecule has 5 nitrogen and oxygen atoms in total. The monoisotopic (exact) mass is 305 g/mol. The van der Waals surface area contributed by atoms with E-state index in [-0.39, 0.29) is 28.7 Å². The Bertz CT molecular complexity index is 477. The lowest BCUT2D eigenvalue weighted by atomic mass is 10.2. The van der Waals surface area contributed by atoms with Gasteiger partial charge in [0.25, 0.3) is 5.91 Å². The molecule has 0 spiro atoms. The van der Waals surface area contributed by atoms with Gasteiger partial charge in [0.1, 0.15) is 11.5 Å². The zero-order valence-corrected chi connectivity index (χ0v) is 10.4. The van der Waals surface area contributed by atoms with Gasteiger partial charge in [-0.25, -0.2) is 4.21 Å². The molecule has 1 unspecified atom stereocenters. The van der Waals surface area contributed by atoms with Crippen molar-refractivity contribution in [1.82, 2.24) is 5.32 Å². The molecule has 1 aromatic rings. The lowest BCUT2D eigenvalue weighted by Crippen LogP contribution is -2.24. The molecule has 1 heterocycles. The van der Waals surface area contributed by atoms with Crippen LogP contribution < -0.4 is 10.1 Å². The number of benzene rings is 1. The van der Waals surface area contributed by atoms with E-state index in [0.717, 1.165) is 0 Å². The van der Waals surface area contributed by atoms with Gasteiger partial charge in [0.15, 0.2) is 16.8 Å². The van der Waals surface area contributed by atoms with Crippen LogP contribution in [-0.4, -0.2) is 27.8 Å². The van der Waals surface area contributed by atoms with Crippen molar-refractivity contribution >= 4 is 32.9 Å². The minimum atomic E-state index is -2.19. The summed E-state index contributed by atoms with van der Waals surface area (Å²) in [6.07, 6.45) is 0. The topological polar surface area (TPSA) is 75.6 Å². The average Bonchev–Trinajstić information content (AvgIpc) is 2.40. The van der Waals surface area contributed by atoms with Gasteiger partial charge >= 0.3 is 0 Å². The van der Waals surface area contributed by atoms with Crippen molar-refractivity contribution in [1.29, 1.82) is 0 Å².